The third kappa shape index (κ3) is 5.69. The molecule has 1 aliphatic rings. The molecular weight excluding hydrogens is 524 g/mol. The molecule has 3 heterocycles. The van der Waals surface area contributed by atoms with Gasteiger partial charge in [0.05, 0.1) is 17.9 Å². The first-order valence-electron chi connectivity index (χ1n) is 12.9. The fourth-order valence-electron chi connectivity index (χ4n) is 5.27. The van der Waals surface area contributed by atoms with E-state index < -0.39 is 11.6 Å². The summed E-state index contributed by atoms with van der Waals surface area (Å²) in [7, 11) is 1.69. The molecule has 2 aromatic heterocycles. The molecule has 5 rings (SSSR count). The largest absolute Gasteiger partial charge is 0.440 e. The number of benzene rings is 2. The third-order valence-electron chi connectivity index (χ3n) is 7.25. The van der Waals surface area contributed by atoms with E-state index in [4.69, 9.17) is 25.7 Å². The second-order valence-corrected chi connectivity index (χ2v) is 10.4. The van der Waals surface area contributed by atoms with Gasteiger partial charge in [0, 0.05) is 48.5 Å². The van der Waals surface area contributed by atoms with Crippen LogP contribution in [0, 0.1) is 25.5 Å². The van der Waals surface area contributed by atoms with E-state index in [-0.39, 0.29) is 22.8 Å². The molecule has 0 radical (unpaired) electrons. The third-order valence-corrected chi connectivity index (χ3v) is 7.47. The molecule has 1 aliphatic heterocycles. The van der Waals surface area contributed by atoms with Gasteiger partial charge in [-0.15, -0.1) is 0 Å². The number of aryl methyl sites for hydroxylation is 2. The van der Waals surface area contributed by atoms with E-state index in [1.54, 1.807) is 36.1 Å². The summed E-state index contributed by atoms with van der Waals surface area (Å²) in [5.41, 5.74) is 3.25. The molecule has 1 fully saturated rings. The van der Waals surface area contributed by atoms with Crippen LogP contribution in [0.2, 0.25) is 5.02 Å². The Labute approximate surface area is 230 Å². The topological polar surface area (TPSA) is 60.5 Å². The zero-order valence-electron chi connectivity index (χ0n) is 22.1. The Morgan fingerprint density at radius 2 is 1.79 bits per heavy atom. The average molecular weight is 554 g/mol. The monoisotopic (exact) mass is 553 g/mol. The number of piperidine rings is 1. The summed E-state index contributed by atoms with van der Waals surface area (Å²) in [5, 5.41) is 0.585. The summed E-state index contributed by atoms with van der Waals surface area (Å²) in [6.45, 7) is 7.04. The van der Waals surface area contributed by atoms with E-state index >= 15 is 0 Å². The summed E-state index contributed by atoms with van der Waals surface area (Å²) < 4.78 is 41.7. The van der Waals surface area contributed by atoms with Gasteiger partial charge in [-0.05, 0) is 81.2 Å². The van der Waals surface area contributed by atoms with Crippen molar-refractivity contribution >= 4 is 11.6 Å². The molecule has 39 heavy (non-hydrogen) atoms. The van der Waals surface area contributed by atoms with Gasteiger partial charge in [-0.1, -0.05) is 11.6 Å². The lowest BCUT2D eigenvalue weighted by Gasteiger charge is -2.30. The molecular formula is C30H30ClF2N3O3. The van der Waals surface area contributed by atoms with Crippen LogP contribution in [-0.2, 0) is 4.74 Å². The predicted molar refractivity (Wildman–Crippen MR) is 148 cm³/mol. The minimum absolute atomic E-state index is 0.0477. The van der Waals surface area contributed by atoms with Crippen LogP contribution in [0.5, 0.6) is 0 Å². The van der Waals surface area contributed by atoms with Gasteiger partial charge >= 0.3 is 0 Å². The number of ether oxygens (including phenoxy) is 1. The van der Waals surface area contributed by atoms with Crippen LogP contribution in [0.25, 0.3) is 28.3 Å². The summed E-state index contributed by atoms with van der Waals surface area (Å²) in [5.74, 6) is -0.661. The normalized spacial score (nSPS) is 14.7. The van der Waals surface area contributed by atoms with Crippen LogP contribution in [0.15, 0.2) is 57.9 Å². The van der Waals surface area contributed by atoms with Gasteiger partial charge in [0.15, 0.2) is 11.7 Å². The van der Waals surface area contributed by atoms with Gasteiger partial charge in [-0.2, -0.15) is 0 Å². The number of oxazole rings is 1. The number of nitrogens with zero attached hydrogens (tertiary/aromatic N) is 3. The Balaban J connectivity index is 1.59. The van der Waals surface area contributed by atoms with E-state index in [1.807, 2.05) is 13.8 Å². The minimum atomic E-state index is -0.744. The Morgan fingerprint density at radius 3 is 2.46 bits per heavy atom. The van der Waals surface area contributed by atoms with Gasteiger partial charge in [0.1, 0.15) is 17.3 Å². The van der Waals surface area contributed by atoms with Crippen molar-refractivity contribution in [2.75, 3.05) is 33.4 Å². The van der Waals surface area contributed by atoms with Crippen LogP contribution in [0.4, 0.5) is 8.78 Å². The fraction of sp³-hybridized carbons (Fsp3) is 0.333. The summed E-state index contributed by atoms with van der Waals surface area (Å²) in [6, 6.07) is 10.1. The number of hydrogen-bond acceptors (Lipinski definition) is 5. The second-order valence-electron chi connectivity index (χ2n) is 9.98. The number of methoxy groups -OCH3 is 1. The predicted octanol–water partition coefficient (Wildman–Crippen LogP) is 6.53. The molecule has 0 aliphatic carbocycles. The molecule has 0 bridgehead atoms. The van der Waals surface area contributed by atoms with Gasteiger partial charge in [0.25, 0.3) is 5.56 Å². The molecule has 4 aromatic rings. The molecule has 0 saturated carbocycles. The van der Waals surface area contributed by atoms with Crippen molar-refractivity contribution in [3.05, 3.63) is 92.7 Å². The van der Waals surface area contributed by atoms with Crippen LogP contribution < -0.4 is 5.56 Å². The van der Waals surface area contributed by atoms with Crippen molar-refractivity contribution in [2.24, 2.45) is 0 Å². The Bertz CT molecular complexity index is 1530. The molecule has 0 spiro atoms. The number of rotatable bonds is 7. The minimum Gasteiger partial charge on any atom is -0.440 e. The summed E-state index contributed by atoms with van der Waals surface area (Å²) in [6.07, 6.45) is 3.35. The average Bonchev–Trinajstić information content (AvgIpc) is 3.33. The maximum atomic E-state index is 15.0. The quantitative estimate of drug-likeness (QED) is 0.260. The molecule has 6 nitrogen and oxygen atoms in total. The molecule has 204 valence electrons. The van der Waals surface area contributed by atoms with E-state index in [9.17, 15) is 13.6 Å². The highest BCUT2D eigenvalue weighted by atomic mass is 35.5. The Morgan fingerprint density at radius 1 is 1.08 bits per heavy atom. The molecule has 0 atom stereocenters. The SMILES string of the molecule is COCCN1CCC(c2nc(-c3ccc(=O)n(-c4c(C)cc(Cl)cc4C)c3)c(-c3ccc(F)cc3F)o2)CC1. The number of pyridine rings is 1. The van der Waals surface area contributed by atoms with Crippen LogP contribution in [0.3, 0.4) is 0 Å². The Kier molecular flexibility index (Phi) is 7.98. The van der Waals surface area contributed by atoms with E-state index in [2.05, 4.69) is 4.90 Å². The number of likely N-dealkylation sites (tertiary alicyclic amines) is 1. The molecule has 0 N–H and O–H groups in total. The van der Waals surface area contributed by atoms with Gasteiger partial charge in [-0.3, -0.25) is 9.36 Å². The maximum absolute atomic E-state index is 15.0. The molecule has 9 heteroatoms. The first-order valence-corrected chi connectivity index (χ1v) is 13.3. The number of halogens is 3. The van der Waals surface area contributed by atoms with Crippen molar-refractivity contribution in [2.45, 2.75) is 32.6 Å². The van der Waals surface area contributed by atoms with Gasteiger partial charge in [-0.25, -0.2) is 13.8 Å². The molecule has 2 aromatic carbocycles. The lowest BCUT2D eigenvalue weighted by Crippen LogP contribution is -2.35. The van der Waals surface area contributed by atoms with Crippen LogP contribution in [0.1, 0.15) is 35.8 Å². The van der Waals surface area contributed by atoms with E-state index in [0.29, 0.717) is 34.5 Å². The second kappa shape index (κ2) is 11.4. The van der Waals surface area contributed by atoms with Gasteiger partial charge in [0.2, 0.25) is 0 Å². The zero-order chi connectivity index (χ0) is 27.7. The number of aromatic nitrogens is 2. The highest BCUT2D eigenvalue weighted by Crippen LogP contribution is 2.38. The van der Waals surface area contributed by atoms with E-state index in [1.165, 1.54) is 18.2 Å². The van der Waals surface area contributed by atoms with Crippen molar-refractivity contribution in [3.63, 3.8) is 0 Å². The fourth-order valence-corrected chi connectivity index (χ4v) is 5.60. The highest BCUT2D eigenvalue weighted by Gasteiger charge is 2.28. The standard InChI is InChI=1S/C30H30ClF2N3O3/c1-18-14-22(31)15-19(2)28(18)36-17-21(4-7-26(36)37)27-29(24-6-5-23(32)16-25(24)33)39-30(34-27)20-8-10-35(11-9-20)12-13-38-3/h4-7,14-17,20H,8-13H2,1-3H3. The molecule has 0 unspecified atom stereocenters. The first-order chi connectivity index (χ1) is 18.7. The van der Waals surface area contributed by atoms with Crippen molar-refractivity contribution in [1.82, 2.24) is 14.5 Å². The van der Waals surface area contributed by atoms with Crippen molar-refractivity contribution in [1.29, 1.82) is 0 Å². The van der Waals surface area contributed by atoms with E-state index in [0.717, 1.165) is 49.7 Å². The lowest BCUT2D eigenvalue weighted by atomic mass is 9.97. The first kappa shape index (κ1) is 27.2. The van der Waals surface area contributed by atoms with Crippen LogP contribution in [-0.4, -0.2) is 47.8 Å². The highest BCUT2D eigenvalue weighted by molar-refractivity contribution is 6.30. The number of hydrogen-bond donors (Lipinski definition) is 0. The van der Waals surface area contributed by atoms with Crippen molar-refractivity contribution in [3.8, 4) is 28.3 Å². The van der Waals surface area contributed by atoms with Gasteiger partial charge < -0.3 is 14.1 Å². The summed E-state index contributed by atoms with van der Waals surface area (Å²) in [4.78, 5) is 20.1. The van der Waals surface area contributed by atoms with Crippen LogP contribution >= 0.6 is 11.6 Å². The maximum Gasteiger partial charge on any atom is 0.255 e. The lowest BCUT2D eigenvalue weighted by molar-refractivity contribution is 0.127. The smallest absolute Gasteiger partial charge is 0.255 e. The zero-order valence-corrected chi connectivity index (χ0v) is 22.9. The molecule has 1 saturated heterocycles. The van der Waals surface area contributed by atoms with Crippen molar-refractivity contribution < 1.29 is 17.9 Å². The molecule has 0 amide bonds. The summed E-state index contributed by atoms with van der Waals surface area (Å²) >= 11 is 6.22. The Hall–Kier alpha value is -3.33.